The van der Waals surface area contributed by atoms with E-state index in [0.717, 1.165) is 42.5 Å². The molecule has 2 aromatic rings. The Morgan fingerprint density at radius 2 is 1.53 bits per heavy atom. The predicted octanol–water partition coefficient (Wildman–Crippen LogP) is 6.11. The fourth-order valence-corrected chi connectivity index (χ4v) is 6.84. The van der Waals surface area contributed by atoms with Crippen molar-refractivity contribution in [2.24, 2.45) is 5.92 Å². The molecule has 1 atom stereocenters. The van der Waals surface area contributed by atoms with Crippen LogP contribution in [0.4, 0.5) is 4.39 Å². The van der Waals surface area contributed by atoms with Crippen molar-refractivity contribution in [3.63, 3.8) is 0 Å². The highest BCUT2D eigenvalue weighted by Gasteiger charge is 2.36. The number of carbonyl (C=O) groups excluding carboxylic acids is 2. The molecule has 1 saturated carbocycles. The lowest BCUT2D eigenvalue weighted by Gasteiger charge is -2.34. The Balaban J connectivity index is 1.23. The Hall–Kier alpha value is -2.15. The number of carbonyl (C=O) groups is 2. The summed E-state index contributed by atoms with van der Waals surface area (Å²) in [4.78, 5) is 32.1. The Kier molecular flexibility index (Phi) is 8.91. The standard InChI is InChI=1S/C30H36Cl2FN3O2/c31-27-19-24(21-6-8-22(9-7-21)29(37)35-16-14-34(13-11-33)15-17-35)20-28(32)26(27)18-23-10-12-36(30(23)38)25-4-2-1-3-5-25/h6-9,19-20,23,25H,1-5,10-18H2. The zero-order valence-electron chi connectivity index (χ0n) is 21.8. The van der Waals surface area contributed by atoms with Gasteiger partial charge in [-0.2, -0.15) is 0 Å². The quantitative estimate of drug-likeness (QED) is 0.411. The van der Waals surface area contributed by atoms with E-state index in [0.29, 0.717) is 60.8 Å². The number of alkyl halides is 1. The van der Waals surface area contributed by atoms with Crippen molar-refractivity contribution in [3.05, 3.63) is 57.6 Å². The van der Waals surface area contributed by atoms with E-state index in [1.165, 1.54) is 19.3 Å². The van der Waals surface area contributed by atoms with E-state index in [4.69, 9.17) is 23.2 Å². The molecule has 2 heterocycles. The van der Waals surface area contributed by atoms with Crippen molar-refractivity contribution >= 4 is 35.0 Å². The molecule has 0 spiro atoms. The minimum absolute atomic E-state index is 0.00800. The summed E-state index contributed by atoms with van der Waals surface area (Å²) >= 11 is 13.4. The van der Waals surface area contributed by atoms with E-state index in [-0.39, 0.29) is 24.4 Å². The van der Waals surface area contributed by atoms with Crippen LogP contribution in [0.5, 0.6) is 0 Å². The van der Waals surface area contributed by atoms with Gasteiger partial charge in [-0.3, -0.25) is 14.5 Å². The van der Waals surface area contributed by atoms with Gasteiger partial charge in [0, 0.05) is 66.8 Å². The van der Waals surface area contributed by atoms with E-state index < -0.39 is 0 Å². The molecule has 38 heavy (non-hydrogen) atoms. The molecule has 3 fully saturated rings. The van der Waals surface area contributed by atoms with Gasteiger partial charge in [0.15, 0.2) is 0 Å². The van der Waals surface area contributed by atoms with E-state index in [1.54, 1.807) is 0 Å². The summed E-state index contributed by atoms with van der Waals surface area (Å²) in [6.45, 7) is 3.51. The molecule has 0 bridgehead atoms. The lowest BCUT2D eigenvalue weighted by molar-refractivity contribution is -0.133. The molecule has 3 aliphatic rings. The number of likely N-dealkylation sites (tertiary alicyclic amines) is 1. The Morgan fingerprint density at radius 1 is 0.868 bits per heavy atom. The third kappa shape index (κ3) is 6.03. The molecule has 1 aliphatic carbocycles. The zero-order valence-corrected chi connectivity index (χ0v) is 23.3. The third-order valence-electron chi connectivity index (χ3n) is 8.48. The molecule has 1 unspecified atom stereocenters. The van der Waals surface area contributed by atoms with Crippen molar-refractivity contribution in [1.82, 2.24) is 14.7 Å². The normalized spacial score (nSPS) is 21.3. The van der Waals surface area contributed by atoms with Crippen LogP contribution >= 0.6 is 23.2 Å². The minimum atomic E-state index is -0.359. The molecule has 2 aromatic carbocycles. The fourth-order valence-electron chi connectivity index (χ4n) is 6.20. The van der Waals surface area contributed by atoms with E-state index in [1.807, 2.05) is 46.2 Å². The van der Waals surface area contributed by atoms with Crippen LogP contribution in [-0.4, -0.2) is 78.5 Å². The first-order valence-corrected chi connectivity index (χ1v) is 14.7. The number of halogens is 3. The van der Waals surface area contributed by atoms with Gasteiger partial charge in [-0.15, -0.1) is 0 Å². The van der Waals surface area contributed by atoms with Crippen LogP contribution in [0.25, 0.3) is 11.1 Å². The number of hydrogen-bond donors (Lipinski definition) is 0. The lowest BCUT2D eigenvalue weighted by Crippen LogP contribution is -2.49. The summed E-state index contributed by atoms with van der Waals surface area (Å²) in [6, 6.07) is 11.7. The van der Waals surface area contributed by atoms with Crippen LogP contribution in [0.1, 0.15) is 54.4 Å². The van der Waals surface area contributed by atoms with Crippen molar-refractivity contribution in [3.8, 4) is 11.1 Å². The predicted molar refractivity (Wildman–Crippen MR) is 151 cm³/mol. The van der Waals surface area contributed by atoms with Gasteiger partial charge in [0.1, 0.15) is 6.67 Å². The monoisotopic (exact) mass is 559 g/mol. The maximum absolute atomic E-state index is 13.2. The molecule has 2 saturated heterocycles. The molecule has 5 nitrogen and oxygen atoms in total. The highest BCUT2D eigenvalue weighted by atomic mass is 35.5. The Labute approximate surface area is 234 Å². The second-order valence-electron chi connectivity index (χ2n) is 10.8. The molecular formula is C30H36Cl2FN3O2. The molecule has 2 aliphatic heterocycles. The van der Waals surface area contributed by atoms with Crippen molar-refractivity contribution in [2.45, 2.75) is 51.0 Å². The van der Waals surface area contributed by atoms with Crippen LogP contribution in [0.2, 0.25) is 10.0 Å². The average molecular weight is 561 g/mol. The molecule has 0 radical (unpaired) electrons. The fraction of sp³-hybridized carbons (Fsp3) is 0.533. The van der Waals surface area contributed by atoms with E-state index in [9.17, 15) is 14.0 Å². The molecule has 5 rings (SSSR count). The zero-order chi connectivity index (χ0) is 26.6. The summed E-state index contributed by atoms with van der Waals surface area (Å²) in [5, 5.41) is 1.14. The SMILES string of the molecule is O=C(c1ccc(-c2cc(Cl)c(CC3CCN(C4CCCCC4)C3=O)c(Cl)c2)cc1)N1CCN(CCF)CC1. The maximum Gasteiger partial charge on any atom is 0.253 e. The van der Waals surface area contributed by atoms with Gasteiger partial charge in [-0.25, -0.2) is 4.39 Å². The van der Waals surface area contributed by atoms with Gasteiger partial charge in [-0.1, -0.05) is 54.6 Å². The first kappa shape index (κ1) is 27.4. The molecule has 8 heteroatoms. The topological polar surface area (TPSA) is 43.9 Å². The van der Waals surface area contributed by atoms with Gasteiger partial charge in [-0.05, 0) is 66.6 Å². The summed E-state index contributed by atoms with van der Waals surface area (Å²) in [5.41, 5.74) is 3.26. The van der Waals surface area contributed by atoms with Crippen LogP contribution in [-0.2, 0) is 11.2 Å². The smallest absolute Gasteiger partial charge is 0.253 e. The molecule has 0 aromatic heterocycles. The molecule has 0 N–H and O–H groups in total. The first-order chi connectivity index (χ1) is 18.4. The van der Waals surface area contributed by atoms with Crippen LogP contribution < -0.4 is 0 Å². The van der Waals surface area contributed by atoms with E-state index in [2.05, 4.69) is 4.90 Å². The molecule has 204 valence electrons. The van der Waals surface area contributed by atoms with Gasteiger partial charge in [0.05, 0.1) is 0 Å². The van der Waals surface area contributed by atoms with Gasteiger partial charge in [0.25, 0.3) is 5.91 Å². The van der Waals surface area contributed by atoms with Gasteiger partial charge in [0.2, 0.25) is 5.91 Å². The highest BCUT2D eigenvalue weighted by Crippen LogP contribution is 2.36. The van der Waals surface area contributed by atoms with Crippen LogP contribution in [0, 0.1) is 5.92 Å². The lowest BCUT2D eigenvalue weighted by atomic mass is 9.93. The summed E-state index contributed by atoms with van der Waals surface area (Å²) in [6.07, 6.45) is 7.36. The summed E-state index contributed by atoms with van der Waals surface area (Å²) in [5.74, 6) is 0.172. The number of piperazine rings is 1. The number of benzene rings is 2. The highest BCUT2D eigenvalue weighted by molar-refractivity contribution is 6.36. The Morgan fingerprint density at radius 3 is 2.16 bits per heavy atom. The van der Waals surface area contributed by atoms with Gasteiger partial charge >= 0.3 is 0 Å². The number of rotatable bonds is 7. The number of amides is 2. The van der Waals surface area contributed by atoms with Crippen molar-refractivity contribution < 1.29 is 14.0 Å². The van der Waals surface area contributed by atoms with Crippen molar-refractivity contribution in [1.29, 1.82) is 0 Å². The maximum atomic E-state index is 13.2. The molecule has 2 amide bonds. The second-order valence-corrected chi connectivity index (χ2v) is 11.6. The van der Waals surface area contributed by atoms with Gasteiger partial charge < -0.3 is 9.80 Å². The summed E-state index contributed by atoms with van der Waals surface area (Å²) in [7, 11) is 0. The van der Waals surface area contributed by atoms with E-state index >= 15 is 0 Å². The summed E-state index contributed by atoms with van der Waals surface area (Å²) < 4.78 is 12.6. The van der Waals surface area contributed by atoms with Crippen molar-refractivity contribution in [2.75, 3.05) is 45.9 Å². The number of hydrogen-bond acceptors (Lipinski definition) is 3. The Bertz CT molecular complexity index is 1120. The number of nitrogens with zero attached hydrogens (tertiary/aromatic N) is 3. The third-order valence-corrected chi connectivity index (χ3v) is 9.16. The second kappa shape index (κ2) is 12.4. The first-order valence-electron chi connectivity index (χ1n) is 13.9. The van der Waals surface area contributed by atoms with Crippen LogP contribution in [0.3, 0.4) is 0 Å². The molecular weight excluding hydrogens is 524 g/mol. The minimum Gasteiger partial charge on any atom is -0.339 e. The average Bonchev–Trinajstić information content (AvgIpc) is 3.31. The van der Waals surface area contributed by atoms with Crippen LogP contribution in [0.15, 0.2) is 36.4 Å². The largest absolute Gasteiger partial charge is 0.339 e.